The van der Waals surface area contributed by atoms with E-state index in [0.29, 0.717) is 10.9 Å². The van der Waals surface area contributed by atoms with Crippen molar-refractivity contribution in [3.05, 3.63) is 51.7 Å². The molecule has 22 heavy (non-hydrogen) atoms. The molecule has 112 valence electrons. The highest BCUT2D eigenvalue weighted by molar-refractivity contribution is 7.99. The summed E-state index contributed by atoms with van der Waals surface area (Å²) in [5, 5.41) is 14.4. The lowest BCUT2D eigenvalue weighted by Gasteiger charge is -2.10. The van der Waals surface area contributed by atoms with E-state index < -0.39 is 0 Å². The SMILES string of the molecule is Cc1cccc(C)c1-n1nnnc1SCC(=O)c1cccs1. The zero-order chi connectivity index (χ0) is 15.5. The molecule has 0 spiro atoms. The monoisotopic (exact) mass is 330 g/mol. The van der Waals surface area contributed by atoms with Crippen molar-refractivity contribution in [3.8, 4) is 5.69 Å². The Hall–Kier alpha value is -1.99. The van der Waals surface area contributed by atoms with Crippen LogP contribution in [-0.2, 0) is 0 Å². The predicted octanol–water partition coefficient (Wildman–Crippen LogP) is 3.32. The molecule has 0 fully saturated rings. The molecular weight excluding hydrogens is 316 g/mol. The van der Waals surface area contributed by atoms with Gasteiger partial charge in [-0.05, 0) is 46.8 Å². The number of benzene rings is 1. The van der Waals surface area contributed by atoms with E-state index in [4.69, 9.17) is 0 Å². The fourth-order valence-corrected chi connectivity index (χ4v) is 3.70. The Morgan fingerprint density at radius 1 is 1.23 bits per heavy atom. The van der Waals surface area contributed by atoms with Crippen molar-refractivity contribution < 1.29 is 4.79 Å². The van der Waals surface area contributed by atoms with E-state index in [0.717, 1.165) is 21.7 Å². The van der Waals surface area contributed by atoms with Gasteiger partial charge in [0.15, 0.2) is 5.78 Å². The largest absolute Gasteiger partial charge is 0.292 e. The number of carbonyl (C=O) groups excluding carboxylic acids is 1. The highest BCUT2D eigenvalue weighted by Crippen LogP contribution is 2.24. The first-order valence-corrected chi connectivity index (χ1v) is 8.58. The van der Waals surface area contributed by atoms with Crippen molar-refractivity contribution in [1.29, 1.82) is 0 Å². The minimum absolute atomic E-state index is 0.0936. The van der Waals surface area contributed by atoms with Crippen molar-refractivity contribution in [2.75, 3.05) is 5.75 Å². The second-order valence-corrected chi connectivity index (χ2v) is 6.69. The Bertz CT molecular complexity index is 775. The number of rotatable bonds is 5. The molecule has 7 heteroatoms. The lowest BCUT2D eigenvalue weighted by atomic mass is 10.1. The average molecular weight is 330 g/mol. The first-order chi connectivity index (χ1) is 10.7. The van der Waals surface area contributed by atoms with Gasteiger partial charge in [0, 0.05) is 0 Å². The fourth-order valence-electron chi connectivity index (χ4n) is 2.19. The summed E-state index contributed by atoms with van der Waals surface area (Å²) in [5.74, 6) is 0.419. The van der Waals surface area contributed by atoms with Crippen LogP contribution in [0.3, 0.4) is 0 Å². The van der Waals surface area contributed by atoms with Crippen molar-refractivity contribution in [3.63, 3.8) is 0 Å². The molecule has 3 rings (SSSR count). The smallest absolute Gasteiger partial charge is 0.214 e. The third-order valence-corrected chi connectivity index (χ3v) is 5.05. The van der Waals surface area contributed by atoms with Gasteiger partial charge in [0.25, 0.3) is 0 Å². The molecule has 2 aromatic heterocycles. The van der Waals surface area contributed by atoms with Crippen molar-refractivity contribution in [1.82, 2.24) is 20.2 Å². The zero-order valence-corrected chi connectivity index (χ0v) is 13.8. The maximum absolute atomic E-state index is 12.1. The average Bonchev–Trinajstić information content (AvgIpc) is 3.16. The Morgan fingerprint density at radius 2 is 2.00 bits per heavy atom. The molecule has 0 unspecified atom stereocenters. The molecule has 0 aliphatic carbocycles. The lowest BCUT2D eigenvalue weighted by molar-refractivity contribution is 0.102. The van der Waals surface area contributed by atoms with E-state index in [2.05, 4.69) is 15.5 Å². The van der Waals surface area contributed by atoms with Crippen LogP contribution in [0.15, 0.2) is 40.9 Å². The van der Waals surface area contributed by atoms with Gasteiger partial charge in [-0.3, -0.25) is 4.79 Å². The van der Waals surface area contributed by atoms with Crippen LogP contribution in [0.4, 0.5) is 0 Å². The number of hydrogen-bond acceptors (Lipinski definition) is 6. The summed E-state index contributed by atoms with van der Waals surface area (Å²) in [6.45, 7) is 4.05. The van der Waals surface area contributed by atoms with E-state index in [1.807, 2.05) is 49.6 Å². The van der Waals surface area contributed by atoms with Gasteiger partial charge in [-0.2, -0.15) is 4.68 Å². The van der Waals surface area contributed by atoms with Crippen LogP contribution in [0.25, 0.3) is 5.69 Å². The van der Waals surface area contributed by atoms with Gasteiger partial charge in [-0.25, -0.2) is 0 Å². The summed E-state index contributed by atoms with van der Waals surface area (Å²) in [5.41, 5.74) is 3.16. The van der Waals surface area contributed by atoms with Gasteiger partial charge in [0.05, 0.1) is 16.3 Å². The third-order valence-electron chi connectivity index (χ3n) is 3.22. The normalized spacial score (nSPS) is 10.8. The molecular formula is C15H14N4OS2. The first-order valence-electron chi connectivity index (χ1n) is 6.71. The second-order valence-electron chi connectivity index (χ2n) is 4.80. The highest BCUT2D eigenvalue weighted by Gasteiger charge is 2.15. The van der Waals surface area contributed by atoms with Crippen molar-refractivity contribution in [2.24, 2.45) is 0 Å². The molecule has 2 heterocycles. The molecule has 0 amide bonds. The van der Waals surface area contributed by atoms with Crippen LogP contribution in [0.1, 0.15) is 20.8 Å². The van der Waals surface area contributed by atoms with Crippen molar-refractivity contribution in [2.45, 2.75) is 19.0 Å². The first kappa shape index (κ1) is 14.9. The molecule has 1 aromatic carbocycles. The Balaban J connectivity index is 1.82. The zero-order valence-electron chi connectivity index (χ0n) is 12.2. The maximum Gasteiger partial charge on any atom is 0.214 e. The van der Waals surface area contributed by atoms with Crippen LogP contribution >= 0.6 is 23.1 Å². The number of aryl methyl sites for hydroxylation is 2. The van der Waals surface area contributed by atoms with E-state index in [1.54, 1.807) is 4.68 Å². The molecule has 0 atom stereocenters. The van der Waals surface area contributed by atoms with Crippen molar-refractivity contribution >= 4 is 28.9 Å². The number of nitrogens with zero attached hydrogens (tertiary/aromatic N) is 4. The number of aromatic nitrogens is 4. The summed E-state index contributed by atoms with van der Waals surface area (Å²) in [7, 11) is 0. The number of thiophene rings is 1. The van der Waals surface area contributed by atoms with Gasteiger partial charge in [-0.15, -0.1) is 16.4 Å². The minimum Gasteiger partial charge on any atom is -0.292 e. The van der Waals surface area contributed by atoms with Crippen LogP contribution in [0.2, 0.25) is 0 Å². The van der Waals surface area contributed by atoms with E-state index in [-0.39, 0.29) is 5.78 Å². The Morgan fingerprint density at radius 3 is 2.68 bits per heavy atom. The molecule has 0 aliphatic heterocycles. The quantitative estimate of drug-likeness (QED) is 0.530. The van der Waals surface area contributed by atoms with Gasteiger partial charge < -0.3 is 0 Å². The molecule has 0 bridgehead atoms. The Kier molecular flexibility index (Phi) is 4.35. The summed E-state index contributed by atoms with van der Waals surface area (Å²) < 4.78 is 1.71. The molecule has 0 aliphatic rings. The lowest BCUT2D eigenvalue weighted by Crippen LogP contribution is -2.06. The number of thioether (sulfide) groups is 1. The van der Waals surface area contributed by atoms with Gasteiger partial charge in [0.1, 0.15) is 0 Å². The molecule has 0 saturated carbocycles. The second kappa shape index (κ2) is 6.41. The summed E-state index contributed by atoms with van der Waals surface area (Å²) in [6, 6.07) is 9.77. The number of hydrogen-bond donors (Lipinski definition) is 0. The summed E-state index contributed by atoms with van der Waals surface area (Å²) >= 11 is 2.81. The fraction of sp³-hybridized carbons (Fsp3) is 0.200. The van der Waals surface area contributed by atoms with Crippen LogP contribution in [-0.4, -0.2) is 31.7 Å². The minimum atomic E-state index is 0.0936. The standard InChI is InChI=1S/C15H14N4OS2/c1-10-5-3-6-11(2)14(10)19-15(16-17-18-19)22-9-12(20)13-7-4-8-21-13/h3-8H,9H2,1-2H3. The van der Waals surface area contributed by atoms with Gasteiger partial charge in [-0.1, -0.05) is 36.0 Å². The van der Waals surface area contributed by atoms with Gasteiger partial charge in [0.2, 0.25) is 5.16 Å². The number of para-hydroxylation sites is 1. The topological polar surface area (TPSA) is 60.7 Å². The highest BCUT2D eigenvalue weighted by atomic mass is 32.2. The van der Waals surface area contributed by atoms with Gasteiger partial charge >= 0.3 is 0 Å². The molecule has 0 saturated heterocycles. The molecule has 5 nitrogen and oxygen atoms in total. The number of carbonyl (C=O) groups is 1. The number of ketones is 1. The summed E-state index contributed by atoms with van der Waals surface area (Å²) in [6.07, 6.45) is 0. The van der Waals surface area contributed by atoms with E-state index in [1.165, 1.54) is 23.1 Å². The van der Waals surface area contributed by atoms with Crippen LogP contribution in [0, 0.1) is 13.8 Å². The third kappa shape index (κ3) is 2.95. The van der Waals surface area contributed by atoms with Crippen LogP contribution in [0.5, 0.6) is 0 Å². The molecule has 0 N–H and O–H groups in total. The van der Waals surface area contributed by atoms with E-state index in [9.17, 15) is 4.79 Å². The molecule has 3 aromatic rings. The maximum atomic E-state index is 12.1. The van der Waals surface area contributed by atoms with E-state index >= 15 is 0 Å². The Labute approximate surface area is 136 Å². The molecule has 0 radical (unpaired) electrons. The summed E-state index contributed by atoms with van der Waals surface area (Å²) in [4.78, 5) is 12.9. The van der Waals surface area contributed by atoms with Crippen LogP contribution < -0.4 is 0 Å². The predicted molar refractivity (Wildman–Crippen MR) is 88.0 cm³/mol. The number of Topliss-reactive ketones (excluding diaryl/α,β-unsaturated/α-hetero) is 1. The number of tetrazole rings is 1.